The van der Waals surface area contributed by atoms with Gasteiger partial charge in [0.25, 0.3) is 0 Å². The largest absolute Gasteiger partial charge is 0.456 e. The SMILES string of the molecule is c1ccc(-c2nc(-c3ccccc3)nc(-c3cccc4oc5ccc(-n6c7ccccc7c7ccc8ccccc8c76)cc5c34)n2)cc1. The summed E-state index contributed by atoms with van der Waals surface area (Å²) in [6, 6.07) is 54.4. The smallest absolute Gasteiger partial charge is 0.164 e. The van der Waals surface area contributed by atoms with E-state index in [2.05, 4.69) is 89.5 Å². The van der Waals surface area contributed by atoms with Gasteiger partial charge in [-0.1, -0.05) is 127 Å². The Balaban J connectivity index is 1.25. The third-order valence-electron chi connectivity index (χ3n) is 9.24. The van der Waals surface area contributed by atoms with E-state index in [4.69, 9.17) is 19.4 Å². The molecule has 0 amide bonds. The molecule has 3 heterocycles. The van der Waals surface area contributed by atoms with Crippen LogP contribution in [0, 0.1) is 0 Å². The maximum atomic E-state index is 6.48. The van der Waals surface area contributed by atoms with E-state index in [1.54, 1.807) is 0 Å². The van der Waals surface area contributed by atoms with Crippen LogP contribution in [0.25, 0.3) is 94.4 Å². The van der Waals surface area contributed by atoms with Crippen molar-refractivity contribution in [2.75, 3.05) is 0 Å². The molecule has 0 radical (unpaired) electrons. The third-order valence-corrected chi connectivity index (χ3v) is 9.24. The van der Waals surface area contributed by atoms with Gasteiger partial charge in [0, 0.05) is 49.3 Å². The van der Waals surface area contributed by atoms with Gasteiger partial charge in [-0.2, -0.15) is 0 Å². The summed E-state index contributed by atoms with van der Waals surface area (Å²) in [5.74, 6) is 1.86. The van der Waals surface area contributed by atoms with E-state index in [0.29, 0.717) is 17.5 Å². The zero-order valence-corrected chi connectivity index (χ0v) is 25.7. The topological polar surface area (TPSA) is 56.7 Å². The zero-order chi connectivity index (χ0) is 31.6. The maximum Gasteiger partial charge on any atom is 0.164 e. The van der Waals surface area contributed by atoms with Crippen LogP contribution in [0.3, 0.4) is 0 Å². The van der Waals surface area contributed by atoms with E-state index in [9.17, 15) is 0 Å². The lowest BCUT2D eigenvalue weighted by atomic mass is 10.0. The highest BCUT2D eigenvalue weighted by Crippen LogP contribution is 2.40. The number of rotatable bonds is 4. The fraction of sp³-hybridized carbons (Fsp3) is 0. The van der Waals surface area contributed by atoms with Crippen LogP contribution in [-0.2, 0) is 0 Å². The lowest BCUT2D eigenvalue weighted by Gasteiger charge is -2.11. The molecule has 0 aliphatic carbocycles. The van der Waals surface area contributed by atoms with Crippen molar-refractivity contribution in [3.05, 3.63) is 158 Å². The molecule has 48 heavy (non-hydrogen) atoms. The zero-order valence-electron chi connectivity index (χ0n) is 25.7. The number of hydrogen-bond acceptors (Lipinski definition) is 4. The summed E-state index contributed by atoms with van der Waals surface area (Å²) in [6.45, 7) is 0. The summed E-state index contributed by atoms with van der Waals surface area (Å²) in [5, 5.41) is 6.87. The van der Waals surface area contributed by atoms with E-state index < -0.39 is 0 Å². The van der Waals surface area contributed by atoms with Gasteiger partial charge < -0.3 is 8.98 Å². The molecule has 0 aliphatic heterocycles. The van der Waals surface area contributed by atoms with Crippen LogP contribution in [0.15, 0.2) is 162 Å². The number of benzene rings is 7. The third kappa shape index (κ3) is 4.08. The van der Waals surface area contributed by atoms with Crippen molar-refractivity contribution >= 4 is 54.5 Å². The van der Waals surface area contributed by atoms with Crippen molar-refractivity contribution in [2.45, 2.75) is 0 Å². The highest BCUT2D eigenvalue weighted by molar-refractivity contribution is 6.19. The van der Waals surface area contributed by atoms with Crippen molar-refractivity contribution in [1.82, 2.24) is 19.5 Å². The first-order chi connectivity index (χ1) is 23.8. The monoisotopic (exact) mass is 614 g/mol. The van der Waals surface area contributed by atoms with Crippen molar-refractivity contribution in [3.8, 4) is 39.9 Å². The van der Waals surface area contributed by atoms with E-state index in [0.717, 1.165) is 49.8 Å². The number of aromatic nitrogens is 4. The second-order valence-corrected chi connectivity index (χ2v) is 12.0. The molecule has 0 bridgehead atoms. The van der Waals surface area contributed by atoms with Gasteiger partial charge in [0.15, 0.2) is 17.5 Å². The Morgan fingerprint density at radius 3 is 1.88 bits per heavy atom. The molecule has 5 heteroatoms. The molecule has 0 atom stereocenters. The molecule has 7 aromatic carbocycles. The lowest BCUT2D eigenvalue weighted by molar-refractivity contribution is 0.669. The van der Waals surface area contributed by atoms with E-state index in [1.807, 2.05) is 72.8 Å². The minimum atomic E-state index is 0.601. The Bertz CT molecular complexity index is 2780. The van der Waals surface area contributed by atoms with Crippen LogP contribution in [-0.4, -0.2) is 19.5 Å². The van der Waals surface area contributed by atoms with Gasteiger partial charge in [-0.15, -0.1) is 0 Å². The van der Waals surface area contributed by atoms with Crippen molar-refractivity contribution in [2.24, 2.45) is 0 Å². The first kappa shape index (κ1) is 26.6. The molecule has 0 fully saturated rings. The molecular weight excluding hydrogens is 589 g/mol. The normalized spacial score (nSPS) is 11.8. The van der Waals surface area contributed by atoms with Gasteiger partial charge >= 0.3 is 0 Å². The number of hydrogen-bond donors (Lipinski definition) is 0. The predicted molar refractivity (Wildman–Crippen MR) is 195 cm³/mol. The fourth-order valence-corrected chi connectivity index (χ4v) is 7.07. The van der Waals surface area contributed by atoms with Gasteiger partial charge in [0.2, 0.25) is 0 Å². The standard InChI is InChI=1S/C43H26N4O/c1-3-13-28(14-4-1)41-44-42(29-15-5-2-6-16-29)46-43(45-41)34-19-11-21-38-39(34)35-26-30(23-25-37(35)48-38)47-36-20-10-9-18-32(36)33-24-22-27-12-7-8-17-31(27)40(33)47/h1-26H. The van der Waals surface area contributed by atoms with Gasteiger partial charge in [-0.05, 0) is 35.7 Å². The summed E-state index contributed by atoms with van der Waals surface area (Å²) < 4.78 is 8.87. The van der Waals surface area contributed by atoms with Gasteiger partial charge in [0.05, 0.1) is 11.0 Å². The summed E-state index contributed by atoms with van der Waals surface area (Å²) in [7, 11) is 0. The molecule has 0 saturated heterocycles. The van der Waals surface area contributed by atoms with Crippen LogP contribution >= 0.6 is 0 Å². The highest BCUT2D eigenvalue weighted by Gasteiger charge is 2.20. The predicted octanol–water partition coefficient (Wildman–Crippen LogP) is 11.0. The Morgan fingerprint density at radius 1 is 0.438 bits per heavy atom. The van der Waals surface area contributed by atoms with Crippen molar-refractivity contribution in [1.29, 1.82) is 0 Å². The first-order valence-electron chi connectivity index (χ1n) is 16.0. The summed E-state index contributed by atoms with van der Waals surface area (Å²) in [5.41, 5.74) is 7.78. The molecule has 0 N–H and O–H groups in total. The van der Waals surface area contributed by atoms with Gasteiger partial charge in [-0.25, -0.2) is 15.0 Å². The summed E-state index contributed by atoms with van der Waals surface area (Å²) >= 11 is 0. The van der Waals surface area contributed by atoms with Crippen molar-refractivity contribution < 1.29 is 4.42 Å². The van der Waals surface area contributed by atoms with Crippen LogP contribution in [0.5, 0.6) is 0 Å². The van der Waals surface area contributed by atoms with Gasteiger partial charge in [0.1, 0.15) is 11.2 Å². The quantitative estimate of drug-likeness (QED) is 0.198. The van der Waals surface area contributed by atoms with Crippen LogP contribution in [0.1, 0.15) is 0 Å². The summed E-state index contributed by atoms with van der Waals surface area (Å²) in [6.07, 6.45) is 0. The fourth-order valence-electron chi connectivity index (χ4n) is 7.07. The molecule has 10 rings (SSSR count). The van der Waals surface area contributed by atoms with Crippen LogP contribution in [0.2, 0.25) is 0 Å². The Labute approximate surface area is 275 Å². The maximum absolute atomic E-state index is 6.48. The van der Waals surface area contributed by atoms with E-state index in [1.165, 1.54) is 27.1 Å². The number of nitrogens with zero attached hydrogens (tertiary/aromatic N) is 4. The molecule has 224 valence electrons. The molecule has 10 aromatic rings. The summed E-state index contributed by atoms with van der Waals surface area (Å²) in [4.78, 5) is 15.0. The number of para-hydroxylation sites is 1. The Kier molecular flexibility index (Phi) is 5.81. The molecule has 0 spiro atoms. The molecule has 0 unspecified atom stereocenters. The molecule has 3 aromatic heterocycles. The van der Waals surface area contributed by atoms with Crippen molar-refractivity contribution in [3.63, 3.8) is 0 Å². The Hall–Kier alpha value is -6.59. The second-order valence-electron chi connectivity index (χ2n) is 12.0. The molecule has 5 nitrogen and oxygen atoms in total. The highest BCUT2D eigenvalue weighted by atomic mass is 16.3. The van der Waals surface area contributed by atoms with E-state index >= 15 is 0 Å². The Morgan fingerprint density at radius 2 is 1.10 bits per heavy atom. The molecule has 0 aliphatic rings. The average Bonchev–Trinajstić information content (AvgIpc) is 3.71. The van der Waals surface area contributed by atoms with E-state index in [-0.39, 0.29) is 0 Å². The van der Waals surface area contributed by atoms with Gasteiger partial charge in [-0.3, -0.25) is 0 Å². The second kappa shape index (κ2) is 10.5. The minimum Gasteiger partial charge on any atom is -0.456 e. The van der Waals surface area contributed by atoms with Crippen LogP contribution < -0.4 is 0 Å². The molecule has 0 saturated carbocycles. The number of fused-ring (bicyclic) bond motifs is 8. The number of furan rings is 1. The lowest BCUT2D eigenvalue weighted by Crippen LogP contribution is -2.00. The first-order valence-corrected chi connectivity index (χ1v) is 16.0. The minimum absolute atomic E-state index is 0.601. The molecular formula is C43H26N4O. The van der Waals surface area contributed by atoms with Crippen LogP contribution in [0.4, 0.5) is 0 Å². The average molecular weight is 615 g/mol.